The molecule has 1 atom stereocenters. The number of rotatable bonds is 7. The monoisotopic (exact) mass is 354 g/mol. The molecule has 136 valence electrons. The third-order valence-corrected chi connectivity index (χ3v) is 4.70. The van der Waals surface area contributed by atoms with Gasteiger partial charge in [-0.2, -0.15) is 0 Å². The number of phenols is 1. The van der Waals surface area contributed by atoms with Crippen LogP contribution in [0.1, 0.15) is 31.9 Å². The van der Waals surface area contributed by atoms with Gasteiger partial charge in [-0.25, -0.2) is 0 Å². The second-order valence-electron chi connectivity index (χ2n) is 7.24. The molecule has 0 aliphatic rings. The number of benzene rings is 1. The Morgan fingerprint density at radius 2 is 1.88 bits per heavy atom. The lowest BCUT2D eigenvalue weighted by Crippen LogP contribution is -2.27. The van der Waals surface area contributed by atoms with E-state index in [1.165, 1.54) is 14.2 Å². The number of aromatic hydroxyl groups is 1. The average Bonchev–Trinajstić information content (AvgIpc) is 2.49. The van der Waals surface area contributed by atoms with Crippen molar-refractivity contribution in [2.24, 2.45) is 5.92 Å². The van der Waals surface area contributed by atoms with Crippen LogP contribution >= 0.6 is 0 Å². The van der Waals surface area contributed by atoms with Crippen LogP contribution in [0, 0.1) is 5.92 Å². The first-order chi connectivity index (χ1) is 11.1. The summed E-state index contributed by atoms with van der Waals surface area (Å²) in [4.78, 5) is 12.1. The van der Waals surface area contributed by atoms with Crippen LogP contribution in [-0.4, -0.2) is 40.9 Å². The molecule has 1 rings (SSSR count). The highest BCUT2D eigenvalue weighted by atomic mass is 28.3. The number of hydrogen-bond donors (Lipinski definition) is 1. The zero-order valence-corrected chi connectivity index (χ0v) is 17.0. The van der Waals surface area contributed by atoms with Crippen LogP contribution in [0.25, 0.3) is 0 Å². The van der Waals surface area contributed by atoms with Crippen LogP contribution < -0.4 is 4.74 Å². The van der Waals surface area contributed by atoms with E-state index >= 15 is 0 Å². The number of esters is 1. The summed E-state index contributed by atoms with van der Waals surface area (Å²) >= 11 is 0. The standard InChI is InChI=1S/C18H30O5Si/c1-18(2,3)14-10-16(21-4)15(19)9-12(14)8-13(17(20)22-5)11-23-24(6)7/h9-10,13,19,24H,8,11H2,1-7H3. The van der Waals surface area contributed by atoms with Crippen molar-refractivity contribution in [3.8, 4) is 11.5 Å². The van der Waals surface area contributed by atoms with E-state index in [4.69, 9.17) is 13.9 Å². The molecular formula is C18H30O5Si. The van der Waals surface area contributed by atoms with Crippen LogP contribution in [0.3, 0.4) is 0 Å². The summed E-state index contributed by atoms with van der Waals surface area (Å²) in [5.74, 6) is -0.175. The zero-order chi connectivity index (χ0) is 18.5. The summed E-state index contributed by atoms with van der Waals surface area (Å²) in [6.07, 6.45) is 0.456. The van der Waals surface area contributed by atoms with Gasteiger partial charge in [-0.3, -0.25) is 4.79 Å². The summed E-state index contributed by atoms with van der Waals surface area (Å²) in [5.41, 5.74) is 1.79. The molecule has 0 spiro atoms. The zero-order valence-electron chi connectivity index (χ0n) is 15.8. The molecule has 0 fully saturated rings. The Balaban J connectivity index is 3.21. The molecule has 0 aliphatic heterocycles. The maximum absolute atomic E-state index is 12.1. The molecule has 1 aromatic carbocycles. The molecule has 0 radical (unpaired) electrons. The summed E-state index contributed by atoms with van der Waals surface area (Å²) in [6, 6.07) is 3.53. The molecule has 0 amide bonds. The highest BCUT2D eigenvalue weighted by molar-refractivity contribution is 6.48. The fourth-order valence-corrected chi connectivity index (χ4v) is 3.21. The van der Waals surface area contributed by atoms with Gasteiger partial charge in [0.25, 0.3) is 0 Å². The maximum Gasteiger partial charge on any atom is 0.311 e. The lowest BCUT2D eigenvalue weighted by molar-refractivity contribution is -0.146. The van der Waals surface area contributed by atoms with Gasteiger partial charge < -0.3 is 19.0 Å². The minimum atomic E-state index is -1.23. The molecule has 5 nitrogen and oxygen atoms in total. The quantitative estimate of drug-likeness (QED) is 0.602. The Labute approximate surface area is 146 Å². The Bertz CT molecular complexity index is 563. The second-order valence-corrected chi connectivity index (χ2v) is 9.67. The molecule has 24 heavy (non-hydrogen) atoms. The highest BCUT2D eigenvalue weighted by Crippen LogP contribution is 2.36. The van der Waals surface area contributed by atoms with E-state index in [0.29, 0.717) is 18.8 Å². The molecule has 0 aromatic heterocycles. The van der Waals surface area contributed by atoms with Gasteiger partial charge in [-0.15, -0.1) is 0 Å². The second kappa shape index (κ2) is 8.53. The average molecular weight is 355 g/mol. The molecule has 0 heterocycles. The van der Waals surface area contributed by atoms with E-state index in [9.17, 15) is 9.90 Å². The van der Waals surface area contributed by atoms with Crippen molar-refractivity contribution < 1.29 is 23.8 Å². The third-order valence-electron chi connectivity index (χ3n) is 3.84. The van der Waals surface area contributed by atoms with Crippen LogP contribution in [0.15, 0.2) is 12.1 Å². The minimum absolute atomic E-state index is 0.0725. The van der Waals surface area contributed by atoms with Gasteiger partial charge in [0.05, 0.1) is 20.1 Å². The number of hydrogen-bond acceptors (Lipinski definition) is 5. The van der Waals surface area contributed by atoms with Crippen molar-refractivity contribution >= 4 is 15.0 Å². The van der Waals surface area contributed by atoms with Crippen molar-refractivity contribution in [1.82, 2.24) is 0 Å². The van der Waals surface area contributed by atoms with E-state index in [-0.39, 0.29) is 17.1 Å². The summed E-state index contributed by atoms with van der Waals surface area (Å²) < 4.78 is 15.9. The Morgan fingerprint density at radius 1 is 1.25 bits per heavy atom. The number of carbonyl (C=O) groups is 1. The van der Waals surface area contributed by atoms with Crippen molar-refractivity contribution in [2.75, 3.05) is 20.8 Å². The molecule has 1 unspecified atom stereocenters. The largest absolute Gasteiger partial charge is 0.504 e. The van der Waals surface area contributed by atoms with E-state index in [2.05, 4.69) is 33.9 Å². The Kier molecular flexibility index (Phi) is 7.29. The molecule has 1 aromatic rings. The summed E-state index contributed by atoms with van der Waals surface area (Å²) in [5, 5.41) is 10.1. The SMILES string of the molecule is COC(=O)C(CO[SiH](C)C)Cc1cc(O)c(OC)cc1C(C)(C)C. The number of ether oxygens (including phenoxy) is 2. The number of methoxy groups -OCH3 is 2. The lowest BCUT2D eigenvalue weighted by atomic mass is 9.81. The summed E-state index contributed by atoms with van der Waals surface area (Å²) in [7, 11) is 1.68. The Morgan fingerprint density at radius 3 is 2.33 bits per heavy atom. The van der Waals surface area contributed by atoms with E-state index in [1.54, 1.807) is 6.07 Å². The molecular weight excluding hydrogens is 324 g/mol. The van der Waals surface area contributed by atoms with Gasteiger partial charge >= 0.3 is 5.97 Å². The fraction of sp³-hybridized carbons (Fsp3) is 0.611. The molecule has 0 saturated heterocycles. The fourth-order valence-electron chi connectivity index (χ4n) is 2.59. The van der Waals surface area contributed by atoms with Gasteiger partial charge in [0.2, 0.25) is 0 Å². The van der Waals surface area contributed by atoms with Gasteiger partial charge in [-0.05, 0) is 48.2 Å². The van der Waals surface area contributed by atoms with Crippen molar-refractivity contribution in [1.29, 1.82) is 0 Å². The molecule has 0 bridgehead atoms. The van der Waals surface area contributed by atoms with Crippen LogP contribution in [0.2, 0.25) is 13.1 Å². The predicted octanol–water partition coefficient (Wildman–Crippen LogP) is 3.03. The highest BCUT2D eigenvalue weighted by Gasteiger charge is 2.26. The van der Waals surface area contributed by atoms with Crippen molar-refractivity contribution in [3.63, 3.8) is 0 Å². The van der Waals surface area contributed by atoms with E-state index in [1.807, 2.05) is 6.07 Å². The van der Waals surface area contributed by atoms with Gasteiger partial charge in [0.1, 0.15) is 0 Å². The molecule has 0 aliphatic carbocycles. The predicted molar refractivity (Wildman–Crippen MR) is 97.4 cm³/mol. The van der Waals surface area contributed by atoms with E-state index < -0.39 is 15.0 Å². The normalized spacial score (nSPS) is 13.0. The van der Waals surface area contributed by atoms with Crippen LogP contribution in [0.4, 0.5) is 0 Å². The molecule has 0 saturated carbocycles. The topological polar surface area (TPSA) is 65.0 Å². The molecule has 1 N–H and O–H groups in total. The first kappa shape index (κ1) is 20.5. The third kappa shape index (κ3) is 5.53. The number of carbonyl (C=O) groups excluding carboxylic acids is 1. The molecule has 6 heteroatoms. The minimum Gasteiger partial charge on any atom is -0.504 e. The number of phenolic OH excluding ortho intramolecular Hbond substituents is 1. The lowest BCUT2D eigenvalue weighted by Gasteiger charge is -2.26. The smallest absolute Gasteiger partial charge is 0.311 e. The van der Waals surface area contributed by atoms with Crippen molar-refractivity contribution in [3.05, 3.63) is 23.3 Å². The van der Waals surface area contributed by atoms with Gasteiger partial charge in [0.15, 0.2) is 20.5 Å². The van der Waals surface area contributed by atoms with E-state index in [0.717, 1.165) is 11.1 Å². The maximum atomic E-state index is 12.1. The first-order valence-corrected chi connectivity index (χ1v) is 11.0. The van der Waals surface area contributed by atoms with Gasteiger partial charge in [-0.1, -0.05) is 20.8 Å². The van der Waals surface area contributed by atoms with Gasteiger partial charge in [0, 0.05) is 6.61 Å². The summed E-state index contributed by atoms with van der Waals surface area (Å²) in [6.45, 7) is 10.7. The Hall–Kier alpha value is -1.53. The first-order valence-electron chi connectivity index (χ1n) is 8.19. The van der Waals surface area contributed by atoms with Crippen molar-refractivity contribution in [2.45, 2.75) is 45.7 Å². The van der Waals surface area contributed by atoms with Crippen LogP contribution in [0.5, 0.6) is 11.5 Å². The van der Waals surface area contributed by atoms with Crippen LogP contribution in [-0.2, 0) is 25.8 Å².